The van der Waals surface area contributed by atoms with E-state index in [0.717, 1.165) is 8.20 Å². The molecular formula is C9H17N2O2P. The molecule has 5 heteroatoms. The molecule has 0 radical (unpaired) electrons. The molecule has 14 heavy (non-hydrogen) atoms. The van der Waals surface area contributed by atoms with Crippen LogP contribution in [0.3, 0.4) is 0 Å². The molecule has 4 nitrogen and oxygen atoms in total. The lowest BCUT2D eigenvalue weighted by Crippen LogP contribution is -2.41. The number of likely N-dealkylation sites (N-methyl/N-ethyl adjacent to an activating group) is 1. The van der Waals surface area contributed by atoms with Crippen molar-refractivity contribution in [1.82, 2.24) is 10.6 Å². The second kappa shape index (κ2) is 7.65. The molecule has 0 rings (SSSR count). The van der Waals surface area contributed by atoms with Crippen molar-refractivity contribution in [3.63, 3.8) is 0 Å². The summed E-state index contributed by atoms with van der Waals surface area (Å²) in [5.74, 6) is 1.91. The van der Waals surface area contributed by atoms with Crippen LogP contribution in [-0.4, -0.2) is 43.8 Å². The molecule has 0 heterocycles. The summed E-state index contributed by atoms with van der Waals surface area (Å²) in [6.45, 7) is 3.76. The normalized spacial score (nSPS) is 12.8. The Kier molecular flexibility index (Phi) is 7.25. The van der Waals surface area contributed by atoms with Gasteiger partial charge >= 0.3 is 0 Å². The smallest absolute Gasteiger partial charge is 0.234 e. The van der Waals surface area contributed by atoms with Gasteiger partial charge in [0.1, 0.15) is 5.78 Å². The number of hydrogen-bond donors (Lipinski definition) is 2. The van der Waals surface area contributed by atoms with Crippen molar-refractivity contribution in [1.29, 1.82) is 0 Å². The molecule has 0 saturated heterocycles. The Bertz CT molecular complexity index is 229. The molecule has 80 valence electrons. The summed E-state index contributed by atoms with van der Waals surface area (Å²) in [5, 5.41) is 5.52. The van der Waals surface area contributed by atoms with Crippen molar-refractivity contribution >= 4 is 25.7 Å². The second-order valence-electron chi connectivity index (χ2n) is 3.02. The molecule has 0 bridgehead atoms. The highest BCUT2D eigenvalue weighted by Crippen LogP contribution is 1.95. The van der Waals surface area contributed by atoms with Gasteiger partial charge in [-0.15, -0.1) is 8.20 Å². The number of nitrogens with one attached hydrogen (secondary N) is 2. The Balaban J connectivity index is 4.08. The van der Waals surface area contributed by atoms with Gasteiger partial charge in [-0.3, -0.25) is 9.59 Å². The van der Waals surface area contributed by atoms with E-state index in [-0.39, 0.29) is 24.3 Å². The lowest BCUT2D eigenvalue weighted by atomic mass is 10.2. The predicted molar refractivity (Wildman–Crippen MR) is 60.1 cm³/mol. The molecule has 0 aliphatic carbocycles. The van der Waals surface area contributed by atoms with E-state index >= 15 is 0 Å². The Morgan fingerprint density at radius 1 is 1.50 bits per heavy atom. The quantitative estimate of drug-likeness (QED) is 0.617. The first-order chi connectivity index (χ1) is 6.60. The van der Waals surface area contributed by atoms with Gasteiger partial charge < -0.3 is 10.6 Å². The minimum atomic E-state index is -0.139. The highest BCUT2D eigenvalue weighted by atomic mass is 31.1. The van der Waals surface area contributed by atoms with Gasteiger partial charge in [-0.25, -0.2) is 0 Å². The van der Waals surface area contributed by atoms with Crippen LogP contribution >= 0.6 is 8.20 Å². The molecule has 0 aliphatic rings. The molecule has 1 unspecified atom stereocenters. The van der Waals surface area contributed by atoms with Crippen LogP contribution in [0, 0.1) is 0 Å². The molecule has 0 aromatic heterocycles. The van der Waals surface area contributed by atoms with E-state index < -0.39 is 0 Å². The molecular weight excluding hydrogens is 199 g/mol. The van der Waals surface area contributed by atoms with Crippen molar-refractivity contribution in [2.24, 2.45) is 0 Å². The fourth-order valence-corrected chi connectivity index (χ4v) is 1.59. The average molecular weight is 216 g/mol. The third kappa shape index (κ3) is 6.75. The number of amides is 1. The van der Waals surface area contributed by atoms with E-state index in [1.165, 1.54) is 6.92 Å². The lowest BCUT2D eigenvalue weighted by molar-refractivity contribution is -0.120. The third-order valence-corrected chi connectivity index (χ3v) is 2.18. The molecule has 0 fully saturated rings. The van der Waals surface area contributed by atoms with Crippen molar-refractivity contribution < 1.29 is 9.59 Å². The van der Waals surface area contributed by atoms with Crippen molar-refractivity contribution in [3.05, 3.63) is 0 Å². The summed E-state index contributed by atoms with van der Waals surface area (Å²) in [7, 11) is 2.77. The van der Waals surface area contributed by atoms with Gasteiger partial charge in [0.05, 0.1) is 12.6 Å². The van der Waals surface area contributed by atoms with Crippen LogP contribution in [0.2, 0.25) is 0 Å². The van der Waals surface area contributed by atoms with Gasteiger partial charge in [-0.2, -0.15) is 0 Å². The number of hydrogen-bond acceptors (Lipinski definition) is 3. The molecule has 1 atom stereocenters. The summed E-state index contributed by atoms with van der Waals surface area (Å²) >= 11 is 0. The lowest BCUT2D eigenvalue weighted by Gasteiger charge is -2.12. The maximum Gasteiger partial charge on any atom is 0.234 e. The highest BCUT2D eigenvalue weighted by Gasteiger charge is 2.10. The Morgan fingerprint density at radius 3 is 2.57 bits per heavy atom. The first-order valence-electron chi connectivity index (χ1n) is 4.45. The monoisotopic (exact) mass is 216 g/mol. The van der Waals surface area contributed by atoms with Crippen molar-refractivity contribution in [2.45, 2.75) is 19.4 Å². The zero-order chi connectivity index (χ0) is 11.0. The van der Waals surface area contributed by atoms with Gasteiger partial charge in [0.25, 0.3) is 0 Å². The van der Waals surface area contributed by atoms with Crippen LogP contribution < -0.4 is 10.6 Å². The molecule has 1 amide bonds. The van der Waals surface area contributed by atoms with Crippen LogP contribution in [-0.2, 0) is 9.59 Å². The molecule has 0 aliphatic heterocycles. The van der Waals surface area contributed by atoms with Crippen molar-refractivity contribution in [2.75, 3.05) is 20.3 Å². The predicted octanol–water partition coefficient (Wildman–Crippen LogP) is 0.0479. The Morgan fingerprint density at radius 2 is 2.14 bits per heavy atom. The maximum atomic E-state index is 11.2. The molecule has 0 aromatic rings. The van der Waals surface area contributed by atoms with E-state index in [2.05, 4.69) is 10.6 Å². The van der Waals surface area contributed by atoms with Gasteiger partial charge in [-0.1, -0.05) is 0 Å². The zero-order valence-corrected chi connectivity index (χ0v) is 9.73. The standard InChI is InChI=1S/C9H17N2O2P/c1-7(12)4-8(6-14-3)11-9(13)5-10-2/h6,8,10H,4-5H2,1-3H3,(H,11,13). The van der Waals surface area contributed by atoms with Gasteiger partial charge in [0.15, 0.2) is 0 Å². The topological polar surface area (TPSA) is 58.2 Å². The Labute approximate surface area is 86.3 Å². The molecule has 0 saturated carbocycles. The summed E-state index contributed by atoms with van der Waals surface area (Å²) < 4.78 is 0. The van der Waals surface area contributed by atoms with E-state index in [9.17, 15) is 9.59 Å². The average Bonchev–Trinajstić information content (AvgIpc) is 2.03. The summed E-state index contributed by atoms with van der Waals surface area (Å²) in [4.78, 5) is 22.1. The maximum absolute atomic E-state index is 11.2. The minimum absolute atomic E-state index is 0.0830. The fourth-order valence-electron chi connectivity index (χ4n) is 1.05. The van der Waals surface area contributed by atoms with Crippen LogP contribution in [0.15, 0.2) is 0 Å². The van der Waals surface area contributed by atoms with E-state index in [0.29, 0.717) is 6.42 Å². The van der Waals surface area contributed by atoms with E-state index in [4.69, 9.17) is 0 Å². The van der Waals surface area contributed by atoms with E-state index in [1.54, 1.807) is 7.05 Å². The molecule has 0 aromatic carbocycles. The highest BCUT2D eigenvalue weighted by molar-refractivity contribution is 7.37. The SMILES string of the molecule is CNCC(=O)NC(C=PC)CC(C)=O. The van der Waals surface area contributed by atoms with Gasteiger partial charge in [0.2, 0.25) is 5.91 Å². The van der Waals surface area contributed by atoms with Crippen LogP contribution in [0.25, 0.3) is 0 Å². The minimum Gasteiger partial charge on any atom is -0.348 e. The second-order valence-corrected chi connectivity index (χ2v) is 3.83. The van der Waals surface area contributed by atoms with Crippen LogP contribution in [0.4, 0.5) is 0 Å². The largest absolute Gasteiger partial charge is 0.348 e. The zero-order valence-electron chi connectivity index (χ0n) is 8.83. The number of Topliss-reactive ketones (excluding diaryl/α,β-unsaturated/α-hetero) is 1. The first-order valence-corrected chi connectivity index (χ1v) is 5.87. The van der Waals surface area contributed by atoms with Gasteiger partial charge in [0, 0.05) is 6.42 Å². The third-order valence-electron chi connectivity index (χ3n) is 1.52. The molecule has 0 spiro atoms. The number of carbonyl (C=O) groups is 2. The fraction of sp³-hybridized carbons (Fsp3) is 0.667. The molecule has 2 N–H and O–H groups in total. The Hall–Kier alpha value is -0.730. The summed E-state index contributed by atoms with van der Waals surface area (Å²) in [6.07, 6.45) is 0.371. The number of carbonyl (C=O) groups excluding carboxylic acids is 2. The first kappa shape index (κ1) is 13.3. The number of rotatable bonds is 6. The van der Waals surface area contributed by atoms with Crippen LogP contribution in [0.1, 0.15) is 13.3 Å². The van der Waals surface area contributed by atoms with Gasteiger partial charge in [-0.05, 0) is 26.4 Å². The summed E-state index contributed by atoms with van der Waals surface area (Å²) in [6, 6.07) is -0.139. The summed E-state index contributed by atoms with van der Waals surface area (Å²) in [5.41, 5.74) is 0. The van der Waals surface area contributed by atoms with Crippen LogP contribution in [0.5, 0.6) is 0 Å². The van der Waals surface area contributed by atoms with Crippen molar-refractivity contribution in [3.8, 4) is 0 Å². The van der Waals surface area contributed by atoms with E-state index in [1.807, 2.05) is 12.5 Å². The number of ketones is 1.